The molecule has 7 heteroatoms. The molecule has 0 aliphatic heterocycles. The van der Waals surface area contributed by atoms with Gasteiger partial charge in [0.1, 0.15) is 5.75 Å². The van der Waals surface area contributed by atoms with E-state index in [-0.39, 0.29) is 11.8 Å². The summed E-state index contributed by atoms with van der Waals surface area (Å²) < 4.78 is 28.4. The minimum absolute atomic E-state index is 0.181. The Hall–Kier alpha value is -0.250. The van der Waals surface area contributed by atoms with Crippen molar-refractivity contribution >= 4 is 31.0 Å². The Bertz CT molecular complexity index is 399. The van der Waals surface area contributed by atoms with Crippen LogP contribution in [0, 0.1) is 0 Å². The maximum absolute atomic E-state index is 12.5. The van der Waals surface area contributed by atoms with E-state index in [1.165, 1.54) is 0 Å². The first kappa shape index (κ1) is 16.8. The van der Waals surface area contributed by atoms with Gasteiger partial charge < -0.3 is 4.52 Å². The number of alkyl halides is 2. The van der Waals surface area contributed by atoms with Gasteiger partial charge in [0.15, 0.2) is 0 Å². The van der Waals surface area contributed by atoms with Gasteiger partial charge in [-0.1, -0.05) is 18.2 Å². The minimum Gasteiger partial charge on any atom is -0.404 e. The van der Waals surface area contributed by atoms with E-state index < -0.39 is 20.0 Å². The molecule has 1 rings (SSSR count). The molecule has 0 heterocycles. The molecule has 0 fully saturated rings. The Kier molecular flexibility index (Phi) is 7.19. The van der Waals surface area contributed by atoms with Crippen LogP contribution in [0.15, 0.2) is 30.3 Å². The monoisotopic (exact) mass is 326 g/mol. The molecule has 0 aliphatic carbocycles. The van der Waals surface area contributed by atoms with Gasteiger partial charge in [0, 0.05) is 11.8 Å². The lowest BCUT2D eigenvalue weighted by Gasteiger charge is -2.23. The van der Waals surface area contributed by atoms with Crippen LogP contribution in [0.3, 0.4) is 0 Å². The molecule has 2 unspecified atom stereocenters. The van der Waals surface area contributed by atoms with Crippen LogP contribution < -0.4 is 4.52 Å². The number of benzene rings is 1. The normalized spacial score (nSPS) is 17.5. The average Bonchev–Trinajstić information content (AvgIpc) is 2.39. The zero-order chi connectivity index (χ0) is 14.3. The summed E-state index contributed by atoms with van der Waals surface area (Å²) in [5.41, 5.74) is 0. The first-order valence-corrected chi connectivity index (χ1v) is 8.35. The van der Waals surface area contributed by atoms with Crippen LogP contribution in [0.2, 0.25) is 0 Å². The van der Waals surface area contributed by atoms with E-state index in [9.17, 15) is 4.57 Å². The zero-order valence-electron chi connectivity index (χ0n) is 10.8. The highest BCUT2D eigenvalue weighted by molar-refractivity contribution is 7.49. The first-order chi connectivity index (χ1) is 8.99. The van der Waals surface area contributed by atoms with Crippen LogP contribution >= 0.6 is 31.0 Å². The standard InChI is InChI=1S/C12H17Cl2O4P/c1-10(8-13)16-19(15,17-11(2)9-14)18-12-6-4-3-5-7-12/h3-7,10-11H,8-9H2,1-2H3. The quantitative estimate of drug-likeness (QED) is 0.522. The van der Waals surface area contributed by atoms with E-state index in [2.05, 4.69) is 0 Å². The summed E-state index contributed by atoms with van der Waals surface area (Å²) in [6, 6.07) is 8.67. The highest BCUT2D eigenvalue weighted by atomic mass is 35.5. The lowest BCUT2D eigenvalue weighted by molar-refractivity contribution is 0.106. The molecule has 0 saturated carbocycles. The van der Waals surface area contributed by atoms with Crippen molar-refractivity contribution in [3.05, 3.63) is 30.3 Å². The molecule has 19 heavy (non-hydrogen) atoms. The Morgan fingerprint density at radius 2 is 1.53 bits per heavy atom. The van der Waals surface area contributed by atoms with Crippen LogP contribution in [0.5, 0.6) is 5.75 Å². The van der Waals surface area contributed by atoms with Crippen molar-refractivity contribution in [2.24, 2.45) is 0 Å². The van der Waals surface area contributed by atoms with E-state index in [1.807, 2.05) is 6.07 Å². The number of para-hydroxylation sites is 1. The summed E-state index contributed by atoms with van der Waals surface area (Å²) in [5.74, 6) is 0.760. The third-order valence-corrected chi connectivity index (χ3v) is 4.55. The van der Waals surface area contributed by atoms with E-state index in [1.54, 1.807) is 38.1 Å². The number of halogens is 2. The lowest BCUT2D eigenvalue weighted by atomic mass is 10.3. The molecule has 0 aliphatic rings. The molecule has 4 nitrogen and oxygen atoms in total. The topological polar surface area (TPSA) is 44.8 Å². The Morgan fingerprint density at radius 1 is 1.05 bits per heavy atom. The van der Waals surface area contributed by atoms with Gasteiger partial charge in [-0.25, -0.2) is 4.57 Å². The van der Waals surface area contributed by atoms with E-state index >= 15 is 0 Å². The maximum atomic E-state index is 12.5. The molecule has 0 N–H and O–H groups in total. The fourth-order valence-electron chi connectivity index (χ4n) is 1.18. The number of phosphoric acid groups is 1. The van der Waals surface area contributed by atoms with Gasteiger partial charge in [-0.3, -0.25) is 9.05 Å². The highest BCUT2D eigenvalue weighted by Gasteiger charge is 2.33. The van der Waals surface area contributed by atoms with Gasteiger partial charge >= 0.3 is 7.82 Å². The maximum Gasteiger partial charge on any atom is 0.530 e. The Labute approximate surface area is 123 Å². The fourth-order valence-corrected chi connectivity index (χ4v) is 3.02. The van der Waals surface area contributed by atoms with Gasteiger partial charge in [-0.2, -0.15) is 0 Å². The van der Waals surface area contributed by atoms with Crippen molar-refractivity contribution in [1.82, 2.24) is 0 Å². The van der Waals surface area contributed by atoms with E-state index in [0.29, 0.717) is 5.75 Å². The Balaban J connectivity index is 2.82. The number of rotatable bonds is 8. The molecule has 108 valence electrons. The van der Waals surface area contributed by atoms with Crippen molar-refractivity contribution in [2.75, 3.05) is 11.8 Å². The van der Waals surface area contributed by atoms with Crippen molar-refractivity contribution in [3.8, 4) is 5.75 Å². The largest absolute Gasteiger partial charge is 0.530 e. The summed E-state index contributed by atoms with van der Waals surface area (Å²) in [5, 5.41) is 0. The van der Waals surface area contributed by atoms with Gasteiger partial charge in [0.2, 0.25) is 0 Å². The molecule has 0 aromatic heterocycles. The second-order valence-electron chi connectivity index (χ2n) is 3.99. The lowest BCUT2D eigenvalue weighted by Crippen LogP contribution is -2.17. The van der Waals surface area contributed by atoms with Crippen LogP contribution in [0.1, 0.15) is 13.8 Å². The Morgan fingerprint density at radius 3 is 1.95 bits per heavy atom. The molecule has 0 spiro atoms. The van der Waals surface area contributed by atoms with Gasteiger partial charge in [-0.15, -0.1) is 23.2 Å². The molecule has 0 amide bonds. The second-order valence-corrected chi connectivity index (χ2v) is 6.11. The highest BCUT2D eigenvalue weighted by Crippen LogP contribution is 2.51. The fraction of sp³-hybridized carbons (Fsp3) is 0.500. The molecular weight excluding hydrogens is 310 g/mol. The van der Waals surface area contributed by atoms with Gasteiger partial charge in [0.05, 0.1) is 12.2 Å². The number of phosphoric ester groups is 1. The SMILES string of the molecule is CC(CCl)OP(=O)(Oc1ccccc1)OC(C)CCl. The predicted molar refractivity (Wildman–Crippen MR) is 77.2 cm³/mol. The second kappa shape index (κ2) is 8.13. The number of hydrogen-bond donors (Lipinski definition) is 0. The summed E-state index contributed by atoms with van der Waals surface area (Å²) in [4.78, 5) is 0. The van der Waals surface area contributed by atoms with Crippen molar-refractivity contribution in [3.63, 3.8) is 0 Å². The minimum atomic E-state index is -3.76. The summed E-state index contributed by atoms with van der Waals surface area (Å²) in [6.07, 6.45) is -0.919. The molecular formula is C12H17Cl2O4P. The van der Waals surface area contributed by atoms with E-state index in [0.717, 1.165) is 0 Å². The van der Waals surface area contributed by atoms with Crippen LogP contribution in [-0.2, 0) is 13.6 Å². The van der Waals surface area contributed by atoms with Crippen LogP contribution in [0.4, 0.5) is 0 Å². The predicted octanol–water partition coefficient (Wildman–Crippen LogP) is 4.46. The molecule has 1 aromatic carbocycles. The smallest absolute Gasteiger partial charge is 0.404 e. The molecule has 0 saturated heterocycles. The van der Waals surface area contributed by atoms with Crippen LogP contribution in [0.25, 0.3) is 0 Å². The average molecular weight is 327 g/mol. The van der Waals surface area contributed by atoms with E-state index in [4.69, 9.17) is 36.8 Å². The molecule has 0 bridgehead atoms. The van der Waals surface area contributed by atoms with Crippen molar-refractivity contribution in [1.29, 1.82) is 0 Å². The first-order valence-electron chi connectivity index (χ1n) is 5.82. The van der Waals surface area contributed by atoms with Crippen LogP contribution in [-0.4, -0.2) is 24.0 Å². The summed E-state index contributed by atoms with van der Waals surface area (Å²) in [7, 11) is -3.76. The number of hydrogen-bond acceptors (Lipinski definition) is 4. The third-order valence-electron chi connectivity index (χ3n) is 2.01. The third kappa shape index (κ3) is 6.15. The van der Waals surface area contributed by atoms with Crippen molar-refractivity contribution in [2.45, 2.75) is 26.1 Å². The molecule has 2 atom stereocenters. The van der Waals surface area contributed by atoms with Gasteiger partial charge in [0.25, 0.3) is 0 Å². The van der Waals surface area contributed by atoms with Crippen molar-refractivity contribution < 1.29 is 18.1 Å². The summed E-state index contributed by atoms with van der Waals surface area (Å²) >= 11 is 11.3. The van der Waals surface area contributed by atoms with Gasteiger partial charge in [-0.05, 0) is 26.0 Å². The molecule has 0 radical (unpaired) electrons. The molecule has 1 aromatic rings. The zero-order valence-corrected chi connectivity index (χ0v) is 13.2. The summed E-state index contributed by atoms with van der Waals surface area (Å²) in [6.45, 7) is 3.37.